The lowest BCUT2D eigenvalue weighted by Crippen LogP contribution is -2.39. The van der Waals surface area contributed by atoms with Crippen LogP contribution in [-0.4, -0.2) is 66.9 Å². The Bertz CT molecular complexity index is 979. The number of methoxy groups -OCH3 is 1. The highest BCUT2D eigenvalue weighted by Gasteiger charge is 2.31. The topological polar surface area (TPSA) is 76.5 Å². The molecular formula is C21H26N6O2S. The van der Waals surface area contributed by atoms with E-state index < -0.39 is 0 Å². The Labute approximate surface area is 179 Å². The lowest BCUT2D eigenvalue weighted by atomic mass is 9.92. The molecular weight excluding hydrogens is 400 g/mol. The van der Waals surface area contributed by atoms with Gasteiger partial charge in [-0.1, -0.05) is 0 Å². The molecule has 0 radical (unpaired) electrons. The Kier molecular flexibility index (Phi) is 5.74. The van der Waals surface area contributed by atoms with Gasteiger partial charge >= 0.3 is 0 Å². The van der Waals surface area contributed by atoms with Gasteiger partial charge in [-0.15, -0.1) is 21.5 Å². The van der Waals surface area contributed by atoms with E-state index in [0.29, 0.717) is 5.92 Å². The zero-order valence-electron chi connectivity index (χ0n) is 17.1. The maximum Gasteiger partial charge on any atom is 0.162 e. The highest BCUT2D eigenvalue weighted by molar-refractivity contribution is 7.09. The van der Waals surface area contributed by atoms with Crippen LogP contribution in [0.2, 0.25) is 0 Å². The third kappa shape index (κ3) is 3.84. The molecule has 2 aromatic heterocycles. The van der Waals surface area contributed by atoms with Crippen LogP contribution in [0.25, 0.3) is 10.9 Å². The first-order valence-electron chi connectivity index (χ1n) is 10.5. The zero-order chi connectivity index (χ0) is 20.3. The molecule has 2 fully saturated rings. The minimum Gasteiger partial charge on any atom is -0.378 e. The van der Waals surface area contributed by atoms with Crippen molar-refractivity contribution in [3.8, 4) is 0 Å². The smallest absolute Gasteiger partial charge is 0.162 e. The first kappa shape index (κ1) is 19.6. The fourth-order valence-corrected chi connectivity index (χ4v) is 5.34. The number of benzene rings is 1. The van der Waals surface area contributed by atoms with E-state index in [-0.39, 0.29) is 6.10 Å². The third-order valence-electron chi connectivity index (χ3n) is 6.02. The Morgan fingerprint density at radius 1 is 1.17 bits per heavy atom. The van der Waals surface area contributed by atoms with Crippen LogP contribution in [0.15, 0.2) is 29.8 Å². The van der Waals surface area contributed by atoms with E-state index in [1.807, 2.05) is 11.6 Å². The zero-order valence-corrected chi connectivity index (χ0v) is 17.9. The quantitative estimate of drug-likeness (QED) is 0.616. The standard InChI is InChI=1S/C21H26N6O2S/c1-28-19(21-22-6-12-30-21)15-3-2-7-27(14-15)20-17-5-4-16(13-18(17)23-25-24-20)26-8-10-29-11-9-26/h4-6,12-13,15,19H,2-3,7-11,14H2,1H3/t15-,19-/m0/s1. The maximum atomic E-state index is 5.85. The molecule has 30 heavy (non-hydrogen) atoms. The van der Waals surface area contributed by atoms with Crippen molar-refractivity contribution >= 4 is 33.7 Å². The third-order valence-corrected chi connectivity index (χ3v) is 6.86. The molecule has 3 aromatic rings. The number of nitrogens with zero attached hydrogens (tertiary/aromatic N) is 6. The number of rotatable bonds is 5. The molecule has 0 N–H and O–H groups in total. The molecule has 2 aliphatic rings. The Morgan fingerprint density at radius 3 is 2.87 bits per heavy atom. The van der Waals surface area contributed by atoms with Gasteiger partial charge in [-0.25, -0.2) is 4.98 Å². The molecule has 0 bridgehead atoms. The second-order valence-electron chi connectivity index (χ2n) is 7.79. The van der Waals surface area contributed by atoms with Crippen LogP contribution in [0.5, 0.6) is 0 Å². The predicted molar refractivity (Wildman–Crippen MR) is 117 cm³/mol. The summed E-state index contributed by atoms with van der Waals surface area (Å²) in [7, 11) is 1.78. The van der Waals surface area contributed by atoms with Crippen LogP contribution in [0.4, 0.5) is 11.5 Å². The monoisotopic (exact) mass is 426 g/mol. The van der Waals surface area contributed by atoms with Crippen molar-refractivity contribution in [2.75, 3.05) is 56.3 Å². The van der Waals surface area contributed by atoms with Gasteiger partial charge in [-0.05, 0) is 36.3 Å². The largest absolute Gasteiger partial charge is 0.378 e. The van der Waals surface area contributed by atoms with E-state index >= 15 is 0 Å². The van der Waals surface area contributed by atoms with Crippen molar-refractivity contribution < 1.29 is 9.47 Å². The number of hydrogen-bond donors (Lipinski definition) is 0. The van der Waals surface area contributed by atoms with Crippen LogP contribution in [0.1, 0.15) is 24.0 Å². The molecule has 0 unspecified atom stereocenters. The minimum atomic E-state index is 0.0155. The molecule has 4 heterocycles. The van der Waals surface area contributed by atoms with Crippen molar-refractivity contribution in [3.63, 3.8) is 0 Å². The van der Waals surface area contributed by atoms with Gasteiger partial charge in [0, 0.05) is 61.9 Å². The van der Waals surface area contributed by atoms with E-state index in [4.69, 9.17) is 9.47 Å². The Balaban J connectivity index is 1.41. The maximum absolute atomic E-state index is 5.85. The molecule has 1 aromatic carbocycles. The fraction of sp³-hybridized carbons (Fsp3) is 0.524. The van der Waals surface area contributed by atoms with Crippen LogP contribution in [-0.2, 0) is 9.47 Å². The van der Waals surface area contributed by atoms with Crippen molar-refractivity contribution in [1.82, 2.24) is 20.4 Å². The van der Waals surface area contributed by atoms with Crippen molar-refractivity contribution in [2.45, 2.75) is 18.9 Å². The highest BCUT2D eigenvalue weighted by atomic mass is 32.1. The molecule has 0 spiro atoms. The summed E-state index contributed by atoms with van der Waals surface area (Å²) in [5.74, 6) is 1.28. The van der Waals surface area contributed by atoms with Gasteiger partial charge in [0.2, 0.25) is 0 Å². The van der Waals surface area contributed by atoms with Crippen LogP contribution in [0.3, 0.4) is 0 Å². The average molecular weight is 427 g/mol. The average Bonchev–Trinajstić information content (AvgIpc) is 3.34. The van der Waals surface area contributed by atoms with E-state index in [1.54, 1.807) is 18.4 Å². The minimum absolute atomic E-state index is 0.0155. The van der Waals surface area contributed by atoms with Crippen LogP contribution in [0, 0.1) is 5.92 Å². The molecule has 158 valence electrons. The number of morpholine rings is 1. The second-order valence-corrected chi connectivity index (χ2v) is 8.72. The Morgan fingerprint density at radius 2 is 2.07 bits per heavy atom. The first-order valence-corrected chi connectivity index (χ1v) is 11.3. The summed E-state index contributed by atoms with van der Waals surface area (Å²) in [5.41, 5.74) is 2.05. The molecule has 9 heteroatoms. The molecule has 2 aliphatic heterocycles. The number of anilines is 2. The number of hydrogen-bond acceptors (Lipinski definition) is 9. The van der Waals surface area contributed by atoms with Gasteiger partial charge in [0.15, 0.2) is 5.82 Å². The lowest BCUT2D eigenvalue weighted by Gasteiger charge is -2.36. The summed E-state index contributed by atoms with van der Waals surface area (Å²) >= 11 is 1.66. The molecule has 2 saturated heterocycles. The van der Waals surface area contributed by atoms with Crippen molar-refractivity contribution in [2.24, 2.45) is 5.92 Å². The number of piperidine rings is 1. The molecule has 0 amide bonds. The van der Waals surface area contributed by atoms with Gasteiger partial charge in [-0.3, -0.25) is 0 Å². The fourth-order valence-electron chi connectivity index (χ4n) is 4.53. The normalized spacial score (nSPS) is 21.2. The van der Waals surface area contributed by atoms with E-state index in [0.717, 1.165) is 79.7 Å². The summed E-state index contributed by atoms with van der Waals surface area (Å²) < 4.78 is 11.3. The highest BCUT2D eigenvalue weighted by Crippen LogP contribution is 2.36. The van der Waals surface area contributed by atoms with Crippen molar-refractivity contribution in [3.05, 3.63) is 34.8 Å². The molecule has 8 nitrogen and oxygen atoms in total. The summed E-state index contributed by atoms with van der Waals surface area (Å²) in [6.07, 6.45) is 4.07. The van der Waals surface area contributed by atoms with E-state index in [1.165, 1.54) is 0 Å². The summed E-state index contributed by atoms with van der Waals surface area (Å²) in [6, 6.07) is 6.42. The first-order chi connectivity index (χ1) is 14.8. The Hall–Kier alpha value is -2.36. The van der Waals surface area contributed by atoms with Gasteiger partial charge < -0.3 is 19.3 Å². The summed E-state index contributed by atoms with van der Waals surface area (Å²) in [5, 5.41) is 16.9. The lowest BCUT2D eigenvalue weighted by molar-refractivity contribution is 0.0446. The number of ether oxygens (including phenoxy) is 2. The molecule has 0 saturated carbocycles. The predicted octanol–water partition coefficient (Wildman–Crippen LogP) is 2.92. The van der Waals surface area contributed by atoms with Crippen LogP contribution < -0.4 is 9.80 Å². The van der Waals surface area contributed by atoms with Gasteiger partial charge in [0.1, 0.15) is 16.6 Å². The van der Waals surface area contributed by atoms with Gasteiger partial charge in [0.25, 0.3) is 0 Å². The molecule has 0 aliphatic carbocycles. The second kappa shape index (κ2) is 8.79. The molecule has 2 atom stereocenters. The van der Waals surface area contributed by atoms with Crippen LogP contribution >= 0.6 is 11.3 Å². The summed E-state index contributed by atoms with van der Waals surface area (Å²) in [6.45, 7) is 5.17. The van der Waals surface area contributed by atoms with Gasteiger partial charge in [-0.2, -0.15) is 0 Å². The van der Waals surface area contributed by atoms with Crippen molar-refractivity contribution in [1.29, 1.82) is 0 Å². The van der Waals surface area contributed by atoms with E-state index in [9.17, 15) is 0 Å². The summed E-state index contributed by atoms with van der Waals surface area (Å²) in [4.78, 5) is 9.15. The van der Waals surface area contributed by atoms with E-state index in [2.05, 4.69) is 48.4 Å². The number of aromatic nitrogens is 4. The number of thiazole rings is 1. The number of fused-ring (bicyclic) bond motifs is 1. The van der Waals surface area contributed by atoms with Gasteiger partial charge in [0.05, 0.1) is 13.2 Å². The SMILES string of the molecule is CO[C@H](c1nccs1)[C@H]1CCCN(c2nnnc3cc(N4CCOCC4)ccc23)C1. The molecule has 5 rings (SSSR count).